The van der Waals surface area contributed by atoms with Gasteiger partial charge in [-0.15, -0.1) is 0 Å². The van der Waals surface area contributed by atoms with E-state index in [1.807, 2.05) is 6.92 Å². The van der Waals surface area contributed by atoms with Crippen LogP contribution in [-0.2, 0) is 9.53 Å². The van der Waals surface area contributed by atoms with Gasteiger partial charge in [0.15, 0.2) is 0 Å². The van der Waals surface area contributed by atoms with Crippen molar-refractivity contribution < 1.29 is 14.3 Å². The number of carbonyl (C=O) groups excluding carboxylic acids is 1. The van der Waals surface area contributed by atoms with Crippen LogP contribution in [0.1, 0.15) is 129 Å². The van der Waals surface area contributed by atoms with Crippen molar-refractivity contribution in [3.63, 3.8) is 0 Å². The van der Waals surface area contributed by atoms with Crippen LogP contribution in [0.4, 0.5) is 0 Å². The molecule has 0 saturated heterocycles. The van der Waals surface area contributed by atoms with E-state index in [0.717, 1.165) is 48.3 Å². The van der Waals surface area contributed by atoms with E-state index in [1.54, 1.807) is 0 Å². The Balaban J connectivity index is 1.64. The lowest BCUT2D eigenvalue weighted by molar-refractivity contribution is -0.148. The summed E-state index contributed by atoms with van der Waals surface area (Å²) in [5.41, 5.74) is 3.34. The summed E-state index contributed by atoms with van der Waals surface area (Å²) in [7, 11) is 0. The quantitative estimate of drug-likeness (QED) is 0.136. The lowest BCUT2D eigenvalue weighted by Gasteiger charge is -2.14. The molecule has 2 aromatic carbocycles. The second-order valence-electron chi connectivity index (χ2n) is 10.1. The first-order chi connectivity index (χ1) is 17.6. The average molecular weight is 495 g/mol. The summed E-state index contributed by atoms with van der Waals surface area (Å²) in [5.74, 6) is 0.835. The van der Waals surface area contributed by atoms with E-state index in [9.17, 15) is 4.79 Å². The molecule has 0 aliphatic carbocycles. The molecular formula is C33H50O3. The van der Waals surface area contributed by atoms with Crippen LogP contribution in [-0.4, -0.2) is 12.6 Å². The minimum atomic E-state index is -0.223. The molecule has 0 N–H and O–H groups in total. The zero-order chi connectivity index (χ0) is 25.8. The number of esters is 1. The van der Waals surface area contributed by atoms with Gasteiger partial charge >= 0.3 is 5.97 Å². The second-order valence-corrected chi connectivity index (χ2v) is 10.1. The first-order valence-corrected chi connectivity index (χ1v) is 14.7. The van der Waals surface area contributed by atoms with Gasteiger partial charge in [-0.05, 0) is 48.6 Å². The first-order valence-electron chi connectivity index (χ1n) is 14.7. The summed E-state index contributed by atoms with van der Waals surface area (Å²) in [5, 5.41) is 0. The Hall–Kier alpha value is -2.29. The molecule has 1 atom stereocenters. The minimum Gasteiger partial charge on any atom is -0.494 e. The molecule has 0 amide bonds. The molecule has 0 aliphatic rings. The Kier molecular flexibility index (Phi) is 15.7. The van der Waals surface area contributed by atoms with Gasteiger partial charge in [0.1, 0.15) is 11.9 Å². The summed E-state index contributed by atoms with van der Waals surface area (Å²) in [6.45, 7) is 7.18. The van der Waals surface area contributed by atoms with Gasteiger partial charge in [0.05, 0.1) is 6.61 Å². The molecule has 0 bridgehead atoms. The fourth-order valence-electron chi connectivity index (χ4n) is 4.49. The SMILES string of the molecule is CCCCCCCCCCCCOc1ccc(-c2ccc(C(C)OC(=O)CCCCCC)cc2)cc1. The van der Waals surface area contributed by atoms with Crippen LogP contribution < -0.4 is 4.74 Å². The third-order valence-corrected chi connectivity index (χ3v) is 6.88. The van der Waals surface area contributed by atoms with Crippen LogP contribution in [0.25, 0.3) is 11.1 Å². The lowest BCUT2D eigenvalue weighted by atomic mass is 10.0. The highest BCUT2D eigenvalue weighted by Crippen LogP contribution is 2.26. The van der Waals surface area contributed by atoms with E-state index in [1.165, 1.54) is 70.6 Å². The maximum absolute atomic E-state index is 12.1. The molecule has 0 aromatic heterocycles. The fraction of sp³-hybridized carbons (Fsp3) is 0.606. The van der Waals surface area contributed by atoms with Crippen LogP contribution >= 0.6 is 0 Å². The highest BCUT2D eigenvalue weighted by Gasteiger charge is 2.12. The van der Waals surface area contributed by atoms with Crippen molar-refractivity contribution in [3.8, 4) is 16.9 Å². The predicted octanol–water partition coefficient (Wildman–Crippen LogP) is 10.2. The van der Waals surface area contributed by atoms with Gasteiger partial charge < -0.3 is 9.47 Å². The molecule has 200 valence electrons. The molecule has 1 unspecified atom stereocenters. The van der Waals surface area contributed by atoms with Crippen molar-refractivity contribution in [2.45, 2.75) is 123 Å². The highest BCUT2D eigenvalue weighted by molar-refractivity contribution is 5.69. The number of rotatable bonds is 20. The van der Waals surface area contributed by atoms with Gasteiger partial charge in [0.25, 0.3) is 0 Å². The Morgan fingerprint density at radius 2 is 1.11 bits per heavy atom. The number of hydrogen-bond donors (Lipinski definition) is 0. The molecular weight excluding hydrogens is 444 g/mol. The van der Waals surface area contributed by atoms with Crippen LogP contribution in [0.5, 0.6) is 5.75 Å². The van der Waals surface area contributed by atoms with Crippen molar-refractivity contribution in [1.29, 1.82) is 0 Å². The number of carbonyl (C=O) groups is 1. The molecule has 3 heteroatoms. The number of benzene rings is 2. The van der Waals surface area contributed by atoms with Crippen molar-refractivity contribution in [2.75, 3.05) is 6.61 Å². The highest BCUT2D eigenvalue weighted by atomic mass is 16.5. The molecule has 0 saturated carbocycles. The normalized spacial score (nSPS) is 11.9. The van der Waals surface area contributed by atoms with E-state index in [-0.39, 0.29) is 12.1 Å². The van der Waals surface area contributed by atoms with E-state index >= 15 is 0 Å². The average Bonchev–Trinajstić information content (AvgIpc) is 2.90. The van der Waals surface area contributed by atoms with Gasteiger partial charge in [-0.3, -0.25) is 4.79 Å². The summed E-state index contributed by atoms with van der Waals surface area (Å²) >= 11 is 0. The minimum absolute atomic E-state index is 0.101. The second kappa shape index (κ2) is 18.9. The molecule has 0 spiro atoms. The standard InChI is InChI=1S/C33H50O3/c1-4-6-8-10-11-12-13-14-15-17-27-35-32-25-23-31(24-26-32)30-21-19-29(20-22-30)28(3)36-33(34)18-16-9-7-5-2/h19-26,28H,4-18,27H2,1-3H3. The van der Waals surface area contributed by atoms with Crippen LogP contribution in [0.15, 0.2) is 48.5 Å². The summed E-state index contributed by atoms with van der Waals surface area (Å²) < 4.78 is 11.6. The summed E-state index contributed by atoms with van der Waals surface area (Å²) in [6, 6.07) is 16.7. The zero-order valence-electron chi connectivity index (χ0n) is 23.2. The van der Waals surface area contributed by atoms with Gasteiger partial charge in [-0.1, -0.05) is 127 Å². The molecule has 0 aliphatic heterocycles. The smallest absolute Gasteiger partial charge is 0.306 e. The zero-order valence-corrected chi connectivity index (χ0v) is 23.2. The van der Waals surface area contributed by atoms with E-state index in [4.69, 9.17) is 9.47 Å². The number of hydrogen-bond acceptors (Lipinski definition) is 3. The van der Waals surface area contributed by atoms with Crippen LogP contribution in [0.3, 0.4) is 0 Å². The maximum Gasteiger partial charge on any atom is 0.306 e. The molecule has 0 fully saturated rings. The topological polar surface area (TPSA) is 35.5 Å². The largest absolute Gasteiger partial charge is 0.494 e. The van der Waals surface area contributed by atoms with Crippen LogP contribution in [0.2, 0.25) is 0 Å². The van der Waals surface area contributed by atoms with Gasteiger partial charge in [-0.25, -0.2) is 0 Å². The van der Waals surface area contributed by atoms with Crippen molar-refractivity contribution in [3.05, 3.63) is 54.1 Å². The Morgan fingerprint density at radius 3 is 1.67 bits per heavy atom. The van der Waals surface area contributed by atoms with Gasteiger partial charge in [-0.2, -0.15) is 0 Å². The fourth-order valence-corrected chi connectivity index (χ4v) is 4.49. The van der Waals surface area contributed by atoms with Crippen LogP contribution in [0, 0.1) is 0 Å². The Labute approximate surface area is 221 Å². The number of ether oxygens (including phenoxy) is 2. The molecule has 3 nitrogen and oxygen atoms in total. The van der Waals surface area contributed by atoms with Crippen molar-refractivity contribution >= 4 is 5.97 Å². The summed E-state index contributed by atoms with van der Waals surface area (Å²) in [4.78, 5) is 12.1. The predicted molar refractivity (Wildman–Crippen MR) is 152 cm³/mol. The third kappa shape index (κ3) is 12.6. The molecule has 36 heavy (non-hydrogen) atoms. The van der Waals surface area contributed by atoms with E-state index in [0.29, 0.717) is 6.42 Å². The molecule has 2 aromatic rings. The third-order valence-electron chi connectivity index (χ3n) is 6.88. The first kappa shape index (κ1) is 29.9. The van der Waals surface area contributed by atoms with Crippen molar-refractivity contribution in [1.82, 2.24) is 0 Å². The van der Waals surface area contributed by atoms with E-state index < -0.39 is 0 Å². The number of unbranched alkanes of at least 4 members (excludes halogenated alkanes) is 12. The Bertz CT molecular complexity index is 810. The monoisotopic (exact) mass is 494 g/mol. The molecule has 2 rings (SSSR count). The Morgan fingerprint density at radius 1 is 0.639 bits per heavy atom. The summed E-state index contributed by atoms with van der Waals surface area (Å²) in [6.07, 6.45) is 18.0. The van der Waals surface area contributed by atoms with Gasteiger partial charge in [0.2, 0.25) is 0 Å². The molecule has 0 radical (unpaired) electrons. The maximum atomic E-state index is 12.1. The van der Waals surface area contributed by atoms with E-state index in [2.05, 4.69) is 62.4 Å². The lowest BCUT2D eigenvalue weighted by Crippen LogP contribution is -2.08. The van der Waals surface area contributed by atoms with Gasteiger partial charge in [0, 0.05) is 6.42 Å². The van der Waals surface area contributed by atoms with Crippen molar-refractivity contribution in [2.24, 2.45) is 0 Å². The molecule has 0 heterocycles.